The van der Waals surface area contributed by atoms with E-state index in [0.717, 1.165) is 17.9 Å². The summed E-state index contributed by atoms with van der Waals surface area (Å²) >= 11 is 0. The summed E-state index contributed by atoms with van der Waals surface area (Å²) in [4.78, 5) is 2.13. The molecule has 1 aromatic rings. The number of hydrogen-bond acceptors (Lipinski definition) is 3. The molecule has 0 bridgehead atoms. The number of hydrogen-bond donors (Lipinski definition) is 1. The second kappa shape index (κ2) is 4.98. The Hall–Kier alpha value is -1.06. The molecular weight excluding hydrogens is 176 g/mol. The van der Waals surface area contributed by atoms with Crippen molar-refractivity contribution in [3.8, 4) is 5.75 Å². The van der Waals surface area contributed by atoms with Crippen molar-refractivity contribution in [3.63, 3.8) is 0 Å². The van der Waals surface area contributed by atoms with Crippen LogP contribution in [0.3, 0.4) is 0 Å². The summed E-state index contributed by atoms with van der Waals surface area (Å²) in [6.45, 7) is 1.45. The molecule has 14 heavy (non-hydrogen) atoms. The van der Waals surface area contributed by atoms with Gasteiger partial charge < -0.3 is 15.4 Å². The molecule has 0 amide bonds. The van der Waals surface area contributed by atoms with Crippen molar-refractivity contribution in [1.29, 1.82) is 0 Å². The molecule has 0 aliphatic rings. The predicted molar refractivity (Wildman–Crippen MR) is 58.3 cm³/mol. The van der Waals surface area contributed by atoms with E-state index in [1.54, 1.807) is 7.11 Å². The molecule has 0 fully saturated rings. The SMILES string of the molecule is COc1ccc(CN(C)C)cc1CN. The second-order valence-electron chi connectivity index (χ2n) is 3.59. The van der Waals surface area contributed by atoms with Crippen LogP contribution >= 0.6 is 0 Å². The molecule has 3 heteroatoms. The molecule has 2 N–H and O–H groups in total. The molecule has 0 radical (unpaired) electrons. The molecule has 3 nitrogen and oxygen atoms in total. The van der Waals surface area contributed by atoms with Crippen LogP contribution in [0.25, 0.3) is 0 Å². The van der Waals surface area contributed by atoms with E-state index < -0.39 is 0 Å². The van der Waals surface area contributed by atoms with Crippen molar-refractivity contribution in [3.05, 3.63) is 29.3 Å². The smallest absolute Gasteiger partial charge is 0.123 e. The lowest BCUT2D eigenvalue weighted by atomic mass is 10.1. The Bertz CT molecular complexity index is 297. The molecule has 78 valence electrons. The van der Waals surface area contributed by atoms with Gasteiger partial charge in [-0.25, -0.2) is 0 Å². The molecule has 0 saturated heterocycles. The zero-order valence-electron chi connectivity index (χ0n) is 9.08. The second-order valence-corrected chi connectivity index (χ2v) is 3.59. The van der Waals surface area contributed by atoms with Crippen molar-refractivity contribution < 1.29 is 4.74 Å². The van der Waals surface area contributed by atoms with Crippen LogP contribution in [0.5, 0.6) is 5.75 Å². The third-order valence-corrected chi connectivity index (χ3v) is 2.06. The van der Waals surface area contributed by atoms with Gasteiger partial charge in [0, 0.05) is 18.7 Å². The number of rotatable bonds is 4. The van der Waals surface area contributed by atoms with Gasteiger partial charge in [0.25, 0.3) is 0 Å². The Kier molecular flexibility index (Phi) is 3.92. The largest absolute Gasteiger partial charge is 0.496 e. The Morgan fingerprint density at radius 3 is 2.57 bits per heavy atom. The van der Waals surface area contributed by atoms with E-state index in [4.69, 9.17) is 10.5 Å². The van der Waals surface area contributed by atoms with E-state index in [-0.39, 0.29) is 0 Å². The van der Waals surface area contributed by atoms with Crippen LogP contribution in [-0.4, -0.2) is 26.1 Å². The molecule has 0 atom stereocenters. The van der Waals surface area contributed by atoms with Gasteiger partial charge in [-0.05, 0) is 31.8 Å². The molecule has 0 unspecified atom stereocenters. The molecule has 0 heterocycles. The Balaban J connectivity index is 2.89. The van der Waals surface area contributed by atoms with Gasteiger partial charge in [0.2, 0.25) is 0 Å². The normalized spacial score (nSPS) is 10.6. The van der Waals surface area contributed by atoms with Crippen LogP contribution in [0.1, 0.15) is 11.1 Å². The maximum absolute atomic E-state index is 5.63. The number of benzene rings is 1. The van der Waals surface area contributed by atoms with Crippen LogP contribution in [0.15, 0.2) is 18.2 Å². The van der Waals surface area contributed by atoms with Crippen molar-refractivity contribution in [1.82, 2.24) is 4.90 Å². The van der Waals surface area contributed by atoms with Crippen molar-refractivity contribution in [2.75, 3.05) is 21.2 Å². The van der Waals surface area contributed by atoms with Crippen molar-refractivity contribution in [2.24, 2.45) is 5.73 Å². The lowest BCUT2D eigenvalue weighted by Gasteiger charge is -2.12. The highest BCUT2D eigenvalue weighted by Crippen LogP contribution is 2.19. The summed E-state index contributed by atoms with van der Waals surface area (Å²) in [5.41, 5.74) is 7.95. The van der Waals surface area contributed by atoms with E-state index in [2.05, 4.69) is 17.0 Å². The van der Waals surface area contributed by atoms with Gasteiger partial charge in [-0.15, -0.1) is 0 Å². The van der Waals surface area contributed by atoms with Crippen LogP contribution in [-0.2, 0) is 13.1 Å². The molecule has 1 aromatic carbocycles. The Morgan fingerprint density at radius 1 is 1.36 bits per heavy atom. The molecule has 1 rings (SSSR count). The standard InChI is InChI=1S/C11H18N2O/c1-13(2)8-9-4-5-11(14-3)10(6-9)7-12/h4-6H,7-8,12H2,1-3H3. The minimum Gasteiger partial charge on any atom is -0.496 e. The summed E-state index contributed by atoms with van der Waals surface area (Å²) in [5, 5.41) is 0. The maximum Gasteiger partial charge on any atom is 0.123 e. The highest BCUT2D eigenvalue weighted by molar-refractivity contribution is 5.37. The zero-order chi connectivity index (χ0) is 10.6. The van der Waals surface area contributed by atoms with Gasteiger partial charge in [0.15, 0.2) is 0 Å². The van der Waals surface area contributed by atoms with E-state index in [9.17, 15) is 0 Å². The lowest BCUT2D eigenvalue weighted by Crippen LogP contribution is -2.11. The van der Waals surface area contributed by atoms with E-state index in [0.29, 0.717) is 6.54 Å². The lowest BCUT2D eigenvalue weighted by molar-refractivity contribution is 0.397. The predicted octanol–water partition coefficient (Wildman–Crippen LogP) is 1.22. The van der Waals surface area contributed by atoms with Gasteiger partial charge >= 0.3 is 0 Å². The van der Waals surface area contributed by atoms with Gasteiger partial charge in [-0.3, -0.25) is 0 Å². The fraction of sp³-hybridized carbons (Fsp3) is 0.455. The molecule has 0 saturated carbocycles. The van der Waals surface area contributed by atoms with E-state index in [1.165, 1.54) is 5.56 Å². The fourth-order valence-corrected chi connectivity index (χ4v) is 1.45. The number of methoxy groups -OCH3 is 1. The van der Waals surface area contributed by atoms with Crippen molar-refractivity contribution >= 4 is 0 Å². The summed E-state index contributed by atoms with van der Waals surface area (Å²) in [6.07, 6.45) is 0. The molecule has 0 aliphatic heterocycles. The fourth-order valence-electron chi connectivity index (χ4n) is 1.45. The van der Waals surface area contributed by atoms with Gasteiger partial charge in [0.1, 0.15) is 5.75 Å². The van der Waals surface area contributed by atoms with Crippen molar-refractivity contribution in [2.45, 2.75) is 13.1 Å². The highest BCUT2D eigenvalue weighted by Gasteiger charge is 2.03. The van der Waals surface area contributed by atoms with E-state index in [1.807, 2.05) is 20.2 Å². The third-order valence-electron chi connectivity index (χ3n) is 2.06. The minimum atomic E-state index is 0.518. The first-order valence-corrected chi connectivity index (χ1v) is 4.68. The summed E-state index contributed by atoms with van der Waals surface area (Å²) in [5.74, 6) is 0.870. The third kappa shape index (κ3) is 2.72. The van der Waals surface area contributed by atoms with Crippen LogP contribution in [0.4, 0.5) is 0 Å². The minimum absolute atomic E-state index is 0.518. The quantitative estimate of drug-likeness (QED) is 0.783. The maximum atomic E-state index is 5.63. The Labute approximate surface area is 85.5 Å². The summed E-state index contributed by atoms with van der Waals surface area (Å²) in [7, 11) is 5.76. The number of ether oxygens (including phenoxy) is 1. The number of nitrogens with two attached hydrogens (primary N) is 1. The first kappa shape index (κ1) is 11.0. The molecular formula is C11H18N2O. The average molecular weight is 194 g/mol. The molecule has 0 spiro atoms. The first-order chi connectivity index (χ1) is 6.67. The van der Waals surface area contributed by atoms with Crippen LogP contribution in [0.2, 0.25) is 0 Å². The van der Waals surface area contributed by atoms with Crippen LogP contribution < -0.4 is 10.5 Å². The molecule has 0 aliphatic carbocycles. The average Bonchev–Trinajstić information content (AvgIpc) is 2.16. The van der Waals surface area contributed by atoms with E-state index >= 15 is 0 Å². The van der Waals surface area contributed by atoms with Gasteiger partial charge in [-0.2, -0.15) is 0 Å². The first-order valence-electron chi connectivity index (χ1n) is 4.68. The monoisotopic (exact) mass is 194 g/mol. The molecule has 0 aromatic heterocycles. The zero-order valence-corrected chi connectivity index (χ0v) is 9.08. The van der Waals surface area contributed by atoms with Gasteiger partial charge in [0.05, 0.1) is 7.11 Å². The Morgan fingerprint density at radius 2 is 2.07 bits per heavy atom. The number of nitrogens with zero attached hydrogens (tertiary/aromatic N) is 1. The van der Waals surface area contributed by atoms with Crippen LogP contribution in [0, 0.1) is 0 Å². The van der Waals surface area contributed by atoms with Gasteiger partial charge in [-0.1, -0.05) is 6.07 Å². The highest BCUT2D eigenvalue weighted by atomic mass is 16.5. The summed E-state index contributed by atoms with van der Waals surface area (Å²) in [6, 6.07) is 6.14. The summed E-state index contributed by atoms with van der Waals surface area (Å²) < 4.78 is 5.20. The topological polar surface area (TPSA) is 38.5 Å².